The number of hydrogen-bond donors (Lipinski definition) is 0. The average molecular weight is 709 g/mol. The van der Waals surface area contributed by atoms with Gasteiger partial charge in [-0.1, -0.05) is 143 Å². The summed E-state index contributed by atoms with van der Waals surface area (Å²) in [5.74, 6) is 1.15. The van der Waals surface area contributed by atoms with Crippen molar-refractivity contribution in [3.8, 4) is 44.8 Å². The molecule has 4 heterocycles. The molecule has 1 aliphatic carbocycles. The monoisotopic (exact) mass is 708 g/mol. The van der Waals surface area contributed by atoms with E-state index in [-0.39, 0.29) is 6.04 Å². The maximum Gasteiger partial charge on any atom is 0.213 e. The third-order valence-corrected chi connectivity index (χ3v) is 14.5. The molecule has 0 radical (unpaired) electrons. The second-order valence-electron chi connectivity index (χ2n) is 16.9. The van der Waals surface area contributed by atoms with Gasteiger partial charge in [0.25, 0.3) is 0 Å². The van der Waals surface area contributed by atoms with E-state index >= 15 is 0 Å². The fourth-order valence-electron chi connectivity index (χ4n) is 9.93. The maximum atomic E-state index is 5.03. The minimum atomic E-state index is -1.66. The summed E-state index contributed by atoms with van der Waals surface area (Å²) in [5.41, 5.74) is 16.2. The minimum absolute atomic E-state index is 0.168. The van der Waals surface area contributed by atoms with Crippen molar-refractivity contribution in [2.75, 3.05) is 0 Å². The third-order valence-electron chi connectivity index (χ3n) is 12.5. The number of hydrogen-bond acceptors (Lipinski definition) is 0. The zero-order chi connectivity index (χ0) is 36.1. The zero-order valence-corrected chi connectivity index (χ0v) is 32.7. The molecule has 3 aliphatic rings. The van der Waals surface area contributed by atoms with Crippen molar-refractivity contribution >= 4 is 13.3 Å². The molecule has 2 unspecified atom stereocenters. The van der Waals surface area contributed by atoms with Gasteiger partial charge in [0, 0.05) is 34.0 Å². The van der Waals surface area contributed by atoms with Crippen LogP contribution in [-0.4, -0.2) is 8.07 Å². The molecule has 0 bridgehead atoms. The van der Waals surface area contributed by atoms with Gasteiger partial charge in [0.05, 0.1) is 19.6 Å². The fraction of sp³-hybridized carbons (Fsp3) is 0.280. The first kappa shape index (κ1) is 33.9. The van der Waals surface area contributed by atoms with Crippen LogP contribution in [-0.2, 0) is 19.4 Å². The number of benzene rings is 4. The van der Waals surface area contributed by atoms with Crippen molar-refractivity contribution in [1.29, 1.82) is 0 Å². The number of rotatable bonds is 5. The lowest BCUT2D eigenvalue weighted by molar-refractivity contribution is -0.722. The Balaban J connectivity index is 1.21. The molecule has 264 valence electrons. The van der Waals surface area contributed by atoms with E-state index in [0.29, 0.717) is 5.92 Å². The van der Waals surface area contributed by atoms with Gasteiger partial charge in [-0.05, 0) is 76.8 Å². The number of aromatic nitrogens is 2. The summed E-state index contributed by atoms with van der Waals surface area (Å²) < 4.78 is 5.21. The van der Waals surface area contributed by atoms with Gasteiger partial charge in [0.15, 0.2) is 25.0 Å². The van der Waals surface area contributed by atoms with Crippen LogP contribution >= 0.6 is 0 Å². The Morgan fingerprint density at radius 3 is 2.06 bits per heavy atom. The summed E-state index contributed by atoms with van der Waals surface area (Å²) in [6, 6.07) is 45.6. The largest absolute Gasteiger partial charge is 0.213 e. The van der Waals surface area contributed by atoms with Crippen LogP contribution in [0.4, 0.5) is 0 Å². The van der Waals surface area contributed by atoms with Gasteiger partial charge in [0.1, 0.15) is 0 Å². The quantitative estimate of drug-likeness (QED) is 0.0957. The van der Waals surface area contributed by atoms with Crippen molar-refractivity contribution in [2.24, 2.45) is 5.92 Å². The first-order valence-corrected chi connectivity index (χ1v) is 23.5. The lowest BCUT2D eigenvalue weighted by Gasteiger charge is -2.33. The number of allylic oxidation sites excluding steroid dienone is 1. The molecule has 1 fully saturated rings. The van der Waals surface area contributed by atoms with Gasteiger partial charge in [-0.15, -0.1) is 0 Å². The molecule has 6 aromatic rings. The van der Waals surface area contributed by atoms with E-state index in [4.69, 9.17) is 6.58 Å². The summed E-state index contributed by atoms with van der Waals surface area (Å²) in [7, 11) is -1.66. The first-order chi connectivity index (χ1) is 25.8. The predicted molar refractivity (Wildman–Crippen MR) is 223 cm³/mol. The summed E-state index contributed by atoms with van der Waals surface area (Å²) in [6.45, 7) is 13.4. The fourth-order valence-corrected chi connectivity index (χ4v) is 11.6. The Bertz CT molecular complexity index is 2330. The molecule has 2 nitrogen and oxygen atoms in total. The number of nitrogens with zero attached hydrogens (tertiary/aromatic N) is 2. The molecule has 0 amide bonds. The topological polar surface area (TPSA) is 7.76 Å². The van der Waals surface area contributed by atoms with Crippen LogP contribution in [0.25, 0.3) is 44.8 Å². The Kier molecular flexibility index (Phi) is 8.86. The molecule has 0 spiro atoms. The lowest BCUT2D eigenvalue weighted by Crippen LogP contribution is -2.55. The molecule has 2 aliphatic heterocycles. The second-order valence-corrected chi connectivity index (χ2v) is 22.0. The highest BCUT2D eigenvalue weighted by atomic mass is 28.3. The molecule has 4 aromatic carbocycles. The molecule has 2 atom stereocenters. The van der Waals surface area contributed by atoms with Crippen molar-refractivity contribution < 1.29 is 9.13 Å². The molecule has 2 aromatic heterocycles. The van der Waals surface area contributed by atoms with Crippen molar-refractivity contribution in [1.82, 2.24) is 0 Å². The van der Waals surface area contributed by atoms with Crippen LogP contribution in [0.3, 0.4) is 0 Å². The Labute approximate surface area is 317 Å². The van der Waals surface area contributed by atoms with Crippen molar-refractivity contribution in [2.45, 2.75) is 83.1 Å². The van der Waals surface area contributed by atoms with E-state index in [1.165, 1.54) is 93.6 Å². The van der Waals surface area contributed by atoms with E-state index in [2.05, 4.69) is 162 Å². The molecule has 0 saturated heterocycles. The SMILES string of the molecule is C=C1C[n+]2cc(-c3ccccc3-c3ccccc3)ccc2-c2ccccc2CCC2c3ccccc3-c3cc(CC4CCCC4)c([Si](C)(C)C)c[n+]3C12. The highest BCUT2D eigenvalue weighted by Crippen LogP contribution is 2.45. The van der Waals surface area contributed by atoms with Crippen LogP contribution in [0.15, 0.2) is 146 Å². The summed E-state index contributed by atoms with van der Waals surface area (Å²) in [6.07, 6.45) is 13.9. The Morgan fingerprint density at radius 1 is 0.642 bits per heavy atom. The van der Waals surface area contributed by atoms with Crippen LogP contribution in [0, 0.1) is 5.92 Å². The standard InChI is InChI=1S/C50H52N2Si/c1-35-32-51-33-39(42-22-13-12-21-41(42)37-18-6-5-7-19-37)27-29-47(51)43-23-11-10-20-38(43)26-28-46-44-24-14-15-25-45(44)48-31-40(30-36-16-8-9-17-36)49(53(2,3)4)34-52(48)50(35)46/h5-7,10-15,18-25,27,29,31,33-34,36,46,50H,1,8-9,16-17,26,28,30,32H2,2-4H3/q+2. The van der Waals surface area contributed by atoms with Crippen LogP contribution in [0.2, 0.25) is 19.6 Å². The number of pyridine rings is 2. The van der Waals surface area contributed by atoms with E-state index in [1.807, 2.05) is 0 Å². The molecule has 1 saturated carbocycles. The van der Waals surface area contributed by atoms with Gasteiger partial charge < -0.3 is 0 Å². The van der Waals surface area contributed by atoms with Crippen LogP contribution < -0.4 is 14.3 Å². The lowest BCUT2D eigenvalue weighted by atomic mass is 9.76. The van der Waals surface area contributed by atoms with E-state index in [1.54, 1.807) is 10.8 Å². The van der Waals surface area contributed by atoms with Gasteiger partial charge in [0.2, 0.25) is 11.4 Å². The third kappa shape index (κ3) is 6.33. The van der Waals surface area contributed by atoms with Gasteiger partial charge in [-0.25, -0.2) is 0 Å². The van der Waals surface area contributed by atoms with Crippen molar-refractivity contribution in [3.63, 3.8) is 0 Å². The first-order valence-electron chi connectivity index (χ1n) is 20.0. The van der Waals surface area contributed by atoms with E-state index in [0.717, 1.165) is 25.3 Å². The molecule has 3 heteroatoms. The van der Waals surface area contributed by atoms with E-state index in [9.17, 15) is 0 Å². The van der Waals surface area contributed by atoms with Crippen LogP contribution in [0.1, 0.15) is 60.8 Å². The summed E-state index contributed by atoms with van der Waals surface area (Å²) >= 11 is 0. The zero-order valence-electron chi connectivity index (χ0n) is 31.7. The average Bonchev–Trinajstić information content (AvgIpc) is 3.70. The Hall–Kier alpha value is -4.86. The molecular formula is C50H52N2Si+2. The van der Waals surface area contributed by atoms with Gasteiger partial charge in [-0.3, -0.25) is 0 Å². The van der Waals surface area contributed by atoms with Crippen LogP contribution in [0.5, 0.6) is 0 Å². The number of aryl methyl sites for hydroxylation is 1. The predicted octanol–water partition coefficient (Wildman–Crippen LogP) is 11.0. The summed E-state index contributed by atoms with van der Waals surface area (Å²) in [4.78, 5) is 0. The smallest absolute Gasteiger partial charge is 0.193 e. The Morgan fingerprint density at radius 2 is 1.30 bits per heavy atom. The molecule has 53 heavy (non-hydrogen) atoms. The van der Waals surface area contributed by atoms with Crippen molar-refractivity contribution in [3.05, 3.63) is 163 Å². The van der Waals surface area contributed by atoms with E-state index < -0.39 is 8.07 Å². The highest BCUT2D eigenvalue weighted by molar-refractivity contribution is 6.89. The molecule has 0 N–H and O–H groups in total. The van der Waals surface area contributed by atoms with Gasteiger partial charge >= 0.3 is 0 Å². The number of fused-ring (bicyclic) bond motifs is 9. The maximum absolute atomic E-state index is 5.03. The highest BCUT2D eigenvalue weighted by Gasteiger charge is 2.44. The second kappa shape index (κ2) is 13.8. The molecular weight excluding hydrogens is 657 g/mol. The summed E-state index contributed by atoms with van der Waals surface area (Å²) in [5, 5.41) is 1.63. The van der Waals surface area contributed by atoms with Gasteiger partial charge in [-0.2, -0.15) is 9.13 Å². The minimum Gasteiger partial charge on any atom is -0.193 e. The molecule has 9 rings (SSSR count). The normalized spacial score (nSPS) is 18.4.